The lowest BCUT2D eigenvalue weighted by molar-refractivity contribution is -0.304. The highest BCUT2D eigenvalue weighted by atomic mass is 16.7. The van der Waals surface area contributed by atoms with E-state index < -0.39 is 11.9 Å². The van der Waals surface area contributed by atoms with Crippen LogP contribution in [-0.2, 0) is 20.8 Å². The van der Waals surface area contributed by atoms with Crippen LogP contribution in [-0.4, -0.2) is 47.5 Å². The van der Waals surface area contributed by atoms with Gasteiger partial charge in [0.1, 0.15) is 0 Å². The standard InChI is InChI=1S/C18H28O5/c1-18(2)22-16(11-17(23-18)10-15(20)12-19)8-9-21-13-14-6-4-3-5-7-14/h3-7,15-17,19-20H,8-13H2,1-2H3/t15-,16+,17-/m0/s1. The number of hydrogen-bond donors (Lipinski definition) is 2. The highest BCUT2D eigenvalue weighted by Gasteiger charge is 2.35. The maximum atomic E-state index is 9.61. The van der Waals surface area contributed by atoms with Crippen molar-refractivity contribution in [2.45, 2.75) is 63.8 Å². The Morgan fingerprint density at radius 2 is 1.91 bits per heavy atom. The summed E-state index contributed by atoms with van der Waals surface area (Å²) in [5.74, 6) is -0.678. The summed E-state index contributed by atoms with van der Waals surface area (Å²) in [7, 11) is 0. The molecule has 3 atom stereocenters. The van der Waals surface area contributed by atoms with Crippen LogP contribution in [0.4, 0.5) is 0 Å². The zero-order valence-corrected chi connectivity index (χ0v) is 14.0. The molecule has 0 amide bonds. The van der Waals surface area contributed by atoms with Gasteiger partial charge in [-0.25, -0.2) is 0 Å². The molecule has 5 nitrogen and oxygen atoms in total. The Balaban J connectivity index is 1.74. The Kier molecular flexibility index (Phi) is 6.99. The van der Waals surface area contributed by atoms with Gasteiger partial charge in [-0.1, -0.05) is 30.3 Å². The van der Waals surface area contributed by atoms with Crippen LogP contribution in [0.3, 0.4) is 0 Å². The Morgan fingerprint density at radius 1 is 1.22 bits per heavy atom. The van der Waals surface area contributed by atoms with Crippen LogP contribution in [0.5, 0.6) is 0 Å². The minimum Gasteiger partial charge on any atom is -0.394 e. The number of aliphatic hydroxyl groups excluding tert-OH is 2. The third kappa shape index (κ3) is 6.57. The van der Waals surface area contributed by atoms with Crippen LogP contribution in [0.2, 0.25) is 0 Å². The van der Waals surface area contributed by atoms with Crippen molar-refractivity contribution in [2.75, 3.05) is 13.2 Å². The molecule has 0 spiro atoms. The fraction of sp³-hybridized carbons (Fsp3) is 0.667. The molecular formula is C18H28O5. The molecule has 1 aliphatic heterocycles. The lowest BCUT2D eigenvalue weighted by Crippen LogP contribution is -2.46. The van der Waals surface area contributed by atoms with E-state index in [-0.39, 0.29) is 18.8 Å². The van der Waals surface area contributed by atoms with Crippen molar-refractivity contribution in [3.63, 3.8) is 0 Å². The van der Waals surface area contributed by atoms with Crippen LogP contribution >= 0.6 is 0 Å². The zero-order chi connectivity index (χ0) is 16.7. The highest BCUT2D eigenvalue weighted by Crippen LogP contribution is 2.30. The summed E-state index contributed by atoms with van der Waals surface area (Å²) in [6, 6.07) is 10.1. The van der Waals surface area contributed by atoms with E-state index in [4.69, 9.17) is 19.3 Å². The minimum atomic E-state index is -0.746. The molecule has 1 saturated heterocycles. The summed E-state index contributed by atoms with van der Waals surface area (Å²) in [6.45, 7) is 4.72. The Bertz CT molecular complexity index is 448. The first-order valence-electron chi connectivity index (χ1n) is 8.25. The van der Waals surface area contributed by atoms with E-state index in [9.17, 15) is 5.11 Å². The third-order valence-electron chi connectivity index (χ3n) is 3.87. The largest absolute Gasteiger partial charge is 0.394 e. The molecule has 23 heavy (non-hydrogen) atoms. The van der Waals surface area contributed by atoms with Gasteiger partial charge >= 0.3 is 0 Å². The molecular weight excluding hydrogens is 296 g/mol. The van der Waals surface area contributed by atoms with Crippen molar-refractivity contribution >= 4 is 0 Å². The molecule has 2 rings (SSSR count). The first kappa shape index (κ1) is 18.4. The van der Waals surface area contributed by atoms with E-state index in [1.165, 1.54) is 0 Å². The maximum absolute atomic E-state index is 9.61. The van der Waals surface area contributed by atoms with E-state index in [1.54, 1.807) is 0 Å². The molecule has 0 radical (unpaired) electrons. The minimum absolute atomic E-state index is 0.0328. The summed E-state index contributed by atoms with van der Waals surface area (Å²) in [5, 5.41) is 18.6. The van der Waals surface area contributed by atoms with Gasteiger partial charge in [-0.05, 0) is 25.8 Å². The van der Waals surface area contributed by atoms with Gasteiger partial charge in [0.15, 0.2) is 5.79 Å². The average molecular weight is 324 g/mol. The second-order valence-electron chi connectivity index (χ2n) is 6.51. The van der Waals surface area contributed by atoms with E-state index in [0.29, 0.717) is 26.1 Å². The molecule has 0 saturated carbocycles. The summed E-state index contributed by atoms with van der Waals surface area (Å²) >= 11 is 0. The first-order valence-corrected chi connectivity index (χ1v) is 8.25. The number of aliphatic hydroxyl groups is 2. The van der Waals surface area contributed by atoms with E-state index >= 15 is 0 Å². The van der Waals surface area contributed by atoms with Crippen LogP contribution in [0.25, 0.3) is 0 Å². The second-order valence-corrected chi connectivity index (χ2v) is 6.51. The second kappa shape index (κ2) is 8.76. The van der Waals surface area contributed by atoms with E-state index in [1.807, 2.05) is 44.2 Å². The molecule has 130 valence electrons. The molecule has 0 aromatic heterocycles. The molecule has 1 heterocycles. The van der Waals surface area contributed by atoms with Crippen LogP contribution in [0, 0.1) is 0 Å². The molecule has 1 aromatic rings. The number of hydrogen-bond acceptors (Lipinski definition) is 5. The summed E-state index contributed by atoms with van der Waals surface area (Å²) in [6.07, 6.45) is 1.08. The molecule has 0 aliphatic carbocycles. The van der Waals surface area contributed by atoms with Gasteiger partial charge in [-0.3, -0.25) is 0 Å². The molecule has 1 aromatic carbocycles. The van der Waals surface area contributed by atoms with Crippen molar-refractivity contribution < 1.29 is 24.4 Å². The van der Waals surface area contributed by atoms with Gasteiger partial charge in [-0.2, -0.15) is 0 Å². The predicted molar refractivity (Wildman–Crippen MR) is 86.9 cm³/mol. The van der Waals surface area contributed by atoms with Gasteiger partial charge in [0.05, 0.1) is 31.5 Å². The monoisotopic (exact) mass is 324 g/mol. The van der Waals surface area contributed by atoms with E-state index in [2.05, 4.69) is 0 Å². The molecule has 1 fully saturated rings. The quantitative estimate of drug-likeness (QED) is 0.718. The fourth-order valence-electron chi connectivity index (χ4n) is 2.90. The van der Waals surface area contributed by atoms with Gasteiger partial charge < -0.3 is 24.4 Å². The number of ether oxygens (including phenoxy) is 3. The maximum Gasteiger partial charge on any atom is 0.163 e. The lowest BCUT2D eigenvalue weighted by atomic mass is 10.0. The lowest BCUT2D eigenvalue weighted by Gasteiger charge is -2.41. The van der Waals surface area contributed by atoms with Crippen molar-refractivity contribution in [2.24, 2.45) is 0 Å². The summed E-state index contributed by atoms with van der Waals surface area (Å²) < 4.78 is 17.5. The topological polar surface area (TPSA) is 68.2 Å². The zero-order valence-electron chi connectivity index (χ0n) is 14.0. The van der Waals surface area contributed by atoms with Crippen molar-refractivity contribution in [3.05, 3.63) is 35.9 Å². The van der Waals surface area contributed by atoms with Gasteiger partial charge in [0.2, 0.25) is 0 Å². The first-order chi connectivity index (χ1) is 11.0. The average Bonchev–Trinajstić information content (AvgIpc) is 2.51. The van der Waals surface area contributed by atoms with Crippen molar-refractivity contribution in [1.82, 2.24) is 0 Å². The fourth-order valence-corrected chi connectivity index (χ4v) is 2.90. The Hall–Kier alpha value is -0.980. The summed E-state index contributed by atoms with van der Waals surface area (Å²) in [5.41, 5.74) is 1.16. The normalized spacial score (nSPS) is 25.2. The number of rotatable bonds is 8. The smallest absolute Gasteiger partial charge is 0.163 e. The predicted octanol–water partition coefficient (Wildman–Crippen LogP) is 2.25. The van der Waals surface area contributed by atoms with Crippen LogP contribution < -0.4 is 0 Å². The molecule has 0 bridgehead atoms. The van der Waals surface area contributed by atoms with Crippen molar-refractivity contribution in [3.8, 4) is 0 Å². The van der Waals surface area contributed by atoms with Gasteiger partial charge in [-0.15, -0.1) is 0 Å². The third-order valence-corrected chi connectivity index (χ3v) is 3.87. The SMILES string of the molecule is CC1(C)O[C@H](CCOCc2ccccc2)C[C@H](C[C@H](O)CO)O1. The van der Waals surface area contributed by atoms with Crippen LogP contribution in [0.1, 0.15) is 38.7 Å². The van der Waals surface area contributed by atoms with Crippen molar-refractivity contribution in [1.29, 1.82) is 0 Å². The summed E-state index contributed by atoms with van der Waals surface area (Å²) in [4.78, 5) is 0. The Labute approximate surface area is 138 Å². The molecule has 5 heteroatoms. The molecule has 2 N–H and O–H groups in total. The Morgan fingerprint density at radius 3 is 2.61 bits per heavy atom. The van der Waals surface area contributed by atoms with Crippen LogP contribution in [0.15, 0.2) is 30.3 Å². The van der Waals surface area contributed by atoms with Gasteiger partial charge in [0.25, 0.3) is 0 Å². The number of benzene rings is 1. The molecule has 0 unspecified atom stereocenters. The van der Waals surface area contributed by atoms with Gasteiger partial charge in [0, 0.05) is 19.4 Å². The molecule has 1 aliphatic rings. The van der Waals surface area contributed by atoms with E-state index in [0.717, 1.165) is 12.0 Å². The highest BCUT2D eigenvalue weighted by molar-refractivity contribution is 5.13.